The number of esters is 1. The van der Waals surface area contributed by atoms with Gasteiger partial charge in [-0.15, -0.1) is 0 Å². The zero-order valence-corrected chi connectivity index (χ0v) is 16.0. The molecule has 0 aliphatic rings. The molecule has 0 aliphatic heterocycles. The van der Waals surface area contributed by atoms with E-state index in [9.17, 15) is 25.0 Å². The Morgan fingerprint density at radius 3 is 2.20 bits per heavy atom. The zero-order valence-electron chi connectivity index (χ0n) is 16.0. The lowest BCUT2D eigenvalue weighted by Crippen LogP contribution is -2.15. The minimum atomic E-state index is -0.692. The number of benzene rings is 2. The molecule has 1 N–H and O–H groups in total. The van der Waals surface area contributed by atoms with Crippen LogP contribution >= 0.6 is 0 Å². The number of rotatable bonds is 13. The number of carbonyl (C=O) groups excluding carboxylic acids is 1. The summed E-state index contributed by atoms with van der Waals surface area (Å²) >= 11 is 0. The minimum absolute atomic E-state index is 0.124. The Morgan fingerprint density at radius 1 is 0.867 bits per heavy atom. The van der Waals surface area contributed by atoms with Crippen molar-refractivity contribution in [2.24, 2.45) is 0 Å². The lowest BCUT2D eigenvalue weighted by atomic mass is 10.2. The molecule has 0 heterocycles. The van der Waals surface area contributed by atoms with E-state index >= 15 is 0 Å². The van der Waals surface area contributed by atoms with E-state index in [1.165, 1.54) is 12.1 Å². The molecule has 0 aliphatic carbocycles. The van der Waals surface area contributed by atoms with Gasteiger partial charge in [-0.2, -0.15) is 0 Å². The number of nitro groups is 2. The summed E-state index contributed by atoms with van der Waals surface area (Å²) in [6.07, 6.45) is 0. The molecule has 2 aromatic rings. The van der Waals surface area contributed by atoms with Gasteiger partial charge in [0.05, 0.1) is 47.9 Å². The summed E-state index contributed by atoms with van der Waals surface area (Å²) in [4.78, 5) is 32.1. The van der Waals surface area contributed by atoms with Crippen molar-refractivity contribution in [1.82, 2.24) is 0 Å². The van der Waals surface area contributed by atoms with Crippen molar-refractivity contribution in [2.75, 3.05) is 44.9 Å². The van der Waals surface area contributed by atoms with Crippen molar-refractivity contribution in [3.05, 3.63) is 74.3 Å². The maximum Gasteiger partial charge on any atom is 0.338 e. The van der Waals surface area contributed by atoms with Crippen molar-refractivity contribution in [1.29, 1.82) is 0 Å². The molecule has 2 aromatic carbocycles. The summed E-state index contributed by atoms with van der Waals surface area (Å²) in [5, 5.41) is 24.6. The molecule has 0 unspecified atom stereocenters. The SMILES string of the molecule is O=C(OCCOCCOCCNc1ccc([N+](=O)[O-])cc1[N+](=O)[O-])c1ccccc1. The standard InChI is InChI=1S/C19H21N3O8/c23-19(15-4-2-1-3-5-15)30-13-12-29-11-10-28-9-8-20-17-7-6-16(21(24)25)14-18(17)22(26)27/h1-7,14,20H,8-13H2. The van der Waals surface area contributed by atoms with Gasteiger partial charge in [-0.3, -0.25) is 20.2 Å². The Kier molecular flexibility index (Phi) is 9.16. The molecule has 0 fully saturated rings. The third kappa shape index (κ3) is 7.45. The molecule has 0 aromatic heterocycles. The lowest BCUT2D eigenvalue weighted by Gasteiger charge is -2.09. The molecular formula is C19H21N3O8. The number of nitro benzene ring substituents is 2. The molecular weight excluding hydrogens is 398 g/mol. The first-order chi connectivity index (χ1) is 14.5. The molecule has 11 nitrogen and oxygen atoms in total. The van der Waals surface area contributed by atoms with Crippen LogP contribution in [0.25, 0.3) is 0 Å². The van der Waals surface area contributed by atoms with Gasteiger partial charge in [-0.1, -0.05) is 18.2 Å². The van der Waals surface area contributed by atoms with Crippen molar-refractivity contribution in [3.63, 3.8) is 0 Å². The highest BCUT2D eigenvalue weighted by atomic mass is 16.6. The van der Waals surface area contributed by atoms with Gasteiger partial charge in [-0.25, -0.2) is 4.79 Å². The van der Waals surface area contributed by atoms with Gasteiger partial charge in [0.2, 0.25) is 0 Å². The number of anilines is 1. The van der Waals surface area contributed by atoms with Crippen molar-refractivity contribution < 1.29 is 28.9 Å². The zero-order chi connectivity index (χ0) is 21.8. The van der Waals surface area contributed by atoms with Gasteiger partial charge in [0.15, 0.2) is 0 Å². The Bertz CT molecular complexity index is 860. The van der Waals surface area contributed by atoms with Crippen molar-refractivity contribution >= 4 is 23.0 Å². The molecule has 0 bridgehead atoms. The molecule has 0 spiro atoms. The molecule has 0 saturated carbocycles. The van der Waals surface area contributed by atoms with E-state index in [0.29, 0.717) is 12.2 Å². The smallest absolute Gasteiger partial charge is 0.338 e. The number of nitrogens with one attached hydrogen (secondary N) is 1. The Balaban J connectivity index is 1.56. The van der Waals surface area contributed by atoms with Crippen LogP contribution in [-0.4, -0.2) is 55.4 Å². The number of hydrogen-bond acceptors (Lipinski definition) is 9. The van der Waals surface area contributed by atoms with Crippen LogP contribution in [0.3, 0.4) is 0 Å². The Hall–Kier alpha value is -3.57. The first-order valence-corrected chi connectivity index (χ1v) is 9.03. The van der Waals surface area contributed by atoms with Crippen LogP contribution in [0.1, 0.15) is 10.4 Å². The van der Waals surface area contributed by atoms with Crippen molar-refractivity contribution in [3.8, 4) is 0 Å². The first-order valence-electron chi connectivity index (χ1n) is 9.03. The van der Waals surface area contributed by atoms with Gasteiger partial charge < -0.3 is 19.5 Å². The summed E-state index contributed by atoms with van der Waals surface area (Å²) in [6.45, 7) is 1.46. The lowest BCUT2D eigenvalue weighted by molar-refractivity contribution is -0.393. The van der Waals surface area contributed by atoms with Gasteiger partial charge in [-0.05, 0) is 18.2 Å². The summed E-state index contributed by atoms with van der Waals surface area (Å²) < 4.78 is 15.7. The summed E-state index contributed by atoms with van der Waals surface area (Å²) in [5.41, 5.74) is -0.0834. The van der Waals surface area contributed by atoms with E-state index in [1.807, 2.05) is 6.07 Å². The Labute approximate surface area is 171 Å². The predicted octanol–water partition coefficient (Wildman–Crippen LogP) is 2.81. The van der Waals surface area contributed by atoms with Crippen LogP contribution in [0, 0.1) is 20.2 Å². The highest BCUT2D eigenvalue weighted by Crippen LogP contribution is 2.28. The molecule has 30 heavy (non-hydrogen) atoms. The van der Waals surface area contributed by atoms with Gasteiger partial charge >= 0.3 is 5.97 Å². The highest BCUT2D eigenvalue weighted by Gasteiger charge is 2.18. The molecule has 0 amide bonds. The first kappa shape index (κ1) is 22.7. The third-order valence-electron chi connectivity index (χ3n) is 3.79. The fourth-order valence-electron chi connectivity index (χ4n) is 2.36. The molecule has 0 atom stereocenters. The third-order valence-corrected chi connectivity index (χ3v) is 3.79. The second-order valence-corrected chi connectivity index (χ2v) is 5.87. The Morgan fingerprint density at radius 2 is 1.53 bits per heavy atom. The number of hydrogen-bond donors (Lipinski definition) is 1. The molecule has 11 heteroatoms. The fourth-order valence-corrected chi connectivity index (χ4v) is 2.36. The second-order valence-electron chi connectivity index (χ2n) is 5.87. The van der Waals surface area contributed by atoms with Crippen LogP contribution in [0.15, 0.2) is 48.5 Å². The number of carbonyl (C=O) groups is 1. The van der Waals surface area contributed by atoms with E-state index in [4.69, 9.17) is 14.2 Å². The summed E-state index contributed by atoms with van der Waals surface area (Å²) in [6, 6.07) is 12.0. The number of non-ortho nitro benzene ring substituents is 1. The van der Waals surface area contributed by atoms with Crippen LogP contribution in [0.5, 0.6) is 0 Å². The van der Waals surface area contributed by atoms with Gasteiger partial charge in [0.25, 0.3) is 11.4 Å². The molecule has 2 rings (SSSR count). The quantitative estimate of drug-likeness (QED) is 0.224. The maximum absolute atomic E-state index is 11.7. The monoisotopic (exact) mass is 419 g/mol. The summed E-state index contributed by atoms with van der Waals surface area (Å²) in [7, 11) is 0. The molecule has 0 radical (unpaired) electrons. The van der Waals surface area contributed by atoms with E-state index in [1.54, 1.807) is 24.3 Å². The maximum atomic E-state index is 11.7. The van der Waals surface area contributed by atoms with Crippen molar-refractivity contribution in [2.45, 2.75) is 0 Å². The number of nitrogens with zero attached hydrogens (tertiary/aromatic N) is 2. The van der Waals surface area contributed by atoms with E-state index in [-0.39, 0.29) is 50.0 Å². The van der Waals surface area contributed by atoms with E-state index in [2.05, 4.69) is 5.32 Å². The minimum Gasteiger partial charge on any atom is -0.460 e. The van der Waals surface area contributed by atoms with Crippen LogP contribution < -0.4 is 5.32 Å². The molecule has 0 saturated heterocycles. The topological polar surface area (TPSA) is 143 Å². The van der Waals surface area contributed by atoms with Crippen LogP contribution in [0.4, 0.5) is 17.1 Å². The van der Waals surface area contributed by atoms with E-state index < -0.39 is 15.8 Å². The average Bonchev–Trinajstić information content (AvgIpc) is 2.75. The van der Waals surface area contributed by atoms with Crippen LogP contribution in [-0.2, 0) is 14.2 Å². The van der Waals surface area contributed by atoms with E-state index in [0.717, 1.165) is 6.07 Å². The van der Waals surface area contributed by atoms with Gasteiger partial charge in [0.1, 0.15) is 12.3 Å². The number of ether oxygens (including phenoxy) is 3. The fraction of sp³-hybridized carbons (Fsp3) is 0.316. The summed E-state index contributed by atoms with van der Waals surface area (Å²) in [5.74, 6) is -0.415. The predicted molar refractivity (Wildman–Crippen MR) is 107 cm³/mol. The van der Waals surface area contributed by atoms with Gasteiger partial charge in [0, 0.05) is 12.6 Å². The largest absolute Gasteiger partial charge is 0.460 e. The normalized spacial score (nSPS) is 10.4. The molecule has 160 valence electrons. The second kappa shape index (κ2) is 12.1. The van der Waals surface area contributed by atoms with Crippen LogP contribution in [0.2, 0.25) is 0 Å². The highest BCUT2D eigenvalue weighted by molar-refractivity contribution is 5.89. The average molecular weight is 419 g/mol.